The van der Waals surface area contributed by atoms with E-state index in [2.05, 4.69) is 37.7 Å². The predicted molar refractivity (Wildman–Crippen MR) is 142 cm³/mol. The smallest absolute Gasteiger partial charge is 0.191 e. The van der Waals surface area contributed by atoms with Gasteiger partial charge >= 0.3 is 0 Å². The van der Waals surface area contributed by atoms with Gasteiger partial charge in [0.25, 0.3) is 0 Å². The van der Waals surface area contributed by atoms with E-state index >= 15 is 0 Å². The monoisotopic (exact) mass is 560 g/mol. The third-order valence-electron chi connectivity index (χ3n) is 7.18. The standard InChI is InChI=1S/C23H40N6S.HI/c1-3-22-26-20(17-30-22)15-28-11-8-18(9-12-28)14-25-23(24-2)27-19-10-13-29(16-19)21-6-4-5-7-21;/h17-19,21H,3-16H2,1-2H3,(H2,24,25,27);1H. The fourth-order valence-electron chi connectivity index (χ4n) is 5.30. The highest BCUT2D eigenvalue weighted by molar-refractivity contribution is 14.0. The van der Waals surface area contributed by atoms with Crippen molar-refractivity contribution in [3.8, 4) is 0 Å². The number of nitrogens with zero attached hydrogens (tertiary/aromatic N) is 4. The summed E-state index contributed by atoms with van der Waals surface area (Å²) >= 11 is 1.80. The van der Waals surface area contributed by atoms with Crippen LogP contribution in [-0.2, 0) is 13.0 Å². The van der Waals surface area contributed by atoms with E-state index in [9.17, 15) is 0 Å². The third-order valence-corrected chi connectivity index (χ3v) is 8.22. The largest absolute Gasteiger partial charge is 0.356 e. The summed E-state index contributed by atoms with van der Waals surface area (Å²) in [5, 5.41) is 10.8. The van der Waals surface area contributed by atoms with Crippen LogP contribution in [0.15, 0.2) is 10.4 Å². The molecule has 6 nitrogen and oxygen atoms in total. The van der Waals surface area contributed by atoms with E-state index in [1.54, 1.807) is 11.3 Å². The number of hydrogen-bond acceptors (Lipinski definition) is 5. The van der Waals surface area contributed by atoms with Crippen LogP contribution in [-0.4, -0.2) is 72.6 Å². The molecule has 3 aliphatic rings. The first kappa shape index (κ1) is 25.2. The Kier molecular flexibility index (Phi) is 10.3. The molecular weight excluding hydrogens is 519 g/mol. The molecule has 0 aromatic carbocycles. The quantitative estimate of drug-likeness (QED) is 0.303. The first-order valence-corrected chi connectivity index (χ1v) is 13.0. The zero-order valence-corrected chi connectivity index (χ0v) is 22.5. The van der Waals surface area contributed by atoms with Gasteiger partial charge in [0.05, 0.1) is 10.7 Å². The first-order chi connectivity index (χ1) is 14.7. The number of aliphatic imine (C=N–C) groups is 1. The van der Waals surface area contributed by atoms with Crippen LogP contribution in [0.3, 0.4) is 0 Å². The van der Waals surface area contributed by atoms with E-state index in [0.717, 1.165) is 37.4 Å². The van der Waals surface area contributed by atoms with Crippen LogP contribution in [0, 0.1) is 5.92 Å². The van der Waals surface area contributed by atoms with Gasteiger partial charge < -0.3 is 10.6 Å². The Bertz CT molecular complexity index is 681. The molecule has 0 radical (unpaired) electrons. The summed E-state index contributed by atoms with van der Waals surface area (Å²) in [6.45, 7) is 9.01. The number of aromatic nitrogens is 1. The molecule has 31 heavy (non-hydrogen) atoms. The number of thiazole rings is 1. The minimum absolute atomic E-state index is 0. The number of likely N-dealkylation sites (tertiary alicyclic amines) is 2. The summed E-state index contributed by atoms with van der Waals surface area (Å²) in [6, 6.07) is 1.39. The summed E-state index contributed by atoms with van der Waals surface area (Å²) < 4.78 is 0. The van der Waals surface area contributed by atoms with Gasteiger partial charge in [-0.2, -0.15) is 0 Å². The molecule has 0 spiro atoms. The molecule has 3 heterocycles. The molecule has 0 amide bonds. The minimum Gasteiger partial charge on any atom is -0.356 e. The fraction of sp³-hybridized carbons (Fsp3) is 0.826. The molecule has 1 saturated carbocycles. The van der Waals surface area contributed by atoms with Crippen LogP contribution in [0.5, 0.6) is 0 Å². The number of hydrogen-bond donors (Lipinski definition) is 2. The normalized spacial score (nSPS) is 24.5. The van der Waals surface area contributed by atoms with Gasteiger partial charge in [-0.25, -0.2) is 4.98 Å². The van der Waals surface area contributed by atoms with Crippen LogP contribution < -0.4 is 10.6 Å². The molecule has 1 aliphatic carbocycles. The highest BCUT2D eigenvalue weighted by atomic mass is 127. The Morgan fingerprint density at radius 3 is 2.61 bits per heavy atom. The van der Waals surface area contributed by atoms with E-state index < -0.39 is 0 Å². The van der Waals surface area contributed by atoms with Gasteiger partial charge in [0, 0.05) is 50.7 Å². The van der Waals surface area contributed by atoms with E-state index in [0.29, 0.717) is 6.04 Å². The third kappa shape index (κ3) is 7.27. The van der Waals surface area contributed by atoms with Crippen molar-refractivity contribution in [2.45, 2.75) is 76.9 Å². The maximum atomic E-state index is 4.73. The van der Waals surface area contributed by atoms with E-state index in [-0.39, 0.29) is 24.0 Å². The molecule has 1 aromatic heterocycles. The Morgan fingerprint density at radius 1 is 1.16 bits per heavy atom. The zero-order chi connectivity index (χ0) is 20.8. The van der Waals surface area contributed by atoms with Crippen molar-refractivity contribution in [2.24, 2.45) is 10.9 Å². The van der Waals surface area contributed by atoms with Gasteiger partial charge in [-0.3, -0.25) is 14.8 Å². The molecule has 4 rings (SSSR count). The van der Waals surface area contributed by atoms with Gasteiger partial charge in [0.2, 0.25) is 0 Å². The number of aryl methyl sites for hydroxylation is 1. The van der Waals surface area contributed by atoms with Crippen molar-refractivity contribution >= 4 is 41.3 Å². The van der Waals surface area contributed by atoms with E-state index in [1.807, 2.05) is 7.05 Å². The molecule has 8 heteroatoms. The topological polar surface area (TPSA) is 55.8 Å². The highest BCUT2D eigenvalue weighted by Gasteiger charge is 2.30. The molecule has 2 aliphatic heterocycles. The van der Waals surface area contributed by atoms with Crippen molar-refractivity contribution in [1.29, 1.82) is 0 Å². The predicted octanol–water partition coefficient (Wildman–Crippen LogP) is 3.72. The van der Waals surface area contributed by atoms with Crippen LogP contribution in [0.1, 0.15) is 62.6 Å². The van der Waals surface area contributed by atoms with Gasteiger partial charge in [-0.05, 0) is 57.5 Å². The molecule has 176 valence electrons. The fourth-order valence-corrected chi connectivity index (χ4v) is 6.03. The Hall–Kier alpha value is -0.450. The minimum atomic E-state index is 0. The Morgan fingerprint density at radius 2 is 1.94 bits per heavy atom. The van der Waals surface area contributed by atoms with Crippen molar-refractivity contribution in [3.05, 3.63) is 16.1 Å². The van der Waals surface area contributed by atoms with Crippen molar-refractivity contribution in [1.82, 2.24) is 25.4 Å². The van der Waals surface area contributed by atoms with Crippen molar-refractivity contribution in [2.75, 3.05) is 39.8 Å². The first-order valence-electron chi connectivity index (χ1n) is 12.1. The van der Waals surface area contributed by atoms with Crippen LogP contribution >= 0.6 is 35.3 Å². The van der Waals surface area contributed by atoms with Gasteiger partial charge in [-0.15, -0.1) is 35.3 Å². The number of guanidine groups is 1. The molecular formula is C23H41IN6S. The van der Waals surface area contributed by atoms with Gasteiger partial charge in [-0.1, -0.05) is 19.8 Å². The summed E-state index contributed by atoms with van der Waals surface area (Å²) in [4.78, 5) is 14.5. The SMILES string of the molecule is CCc1nc(CN2CCC(CNC(=NC)NC3CCN(C4CCCC4)C3)CC2)cs1.I. The van der Waals surface area contributed by atoms with E-state index in [4.69, 9.17) is 4.98 Å². The molecule has 3 fully saturated rings. The second-order valence-corrected chi connectivity index (χ2v) is 10.3. The molecule has 1 unspecified atom stereocenters. The van der Waals surface area contributed by atoms with Gasteiger partial charge in [0.15, 0.2) is 5.96 Å². The van der Waals surface area contributed by atoms with Crippen LogP contribution in [0.4, 0.5) is 0 Å². The zero-order valence-electron chi connectivity index (χ0n) is 19.3. The molecule has 2 saturated heterocycles. The maximum absolute atomic E-state index is 4.73. The number of halogens is 1. The molecule has 1 atom stereocenters. The summed E-state index contributed by atoms with van der Waals surface area (Å²) in [7, 11) is 1.90. The summed E-state index contributed by atoms with van der Waals surface area (Å²) in [5.74, 6) is 1.73. The lowest BCUT2D eigenvalue weighted by Crippen LogP contribution is -2.47. The van der Waals surface area contributed by atoms with Gasteiger partial charge in [0.1, 0.15) is 0 Å². The van der Waals surface area contributed by atoms with Crippen molar-refractivity contribution in [3.63, 3.8) is 0 Å². The lowest BCUT2D eigenvalue weighted by Gasteiger charge is -2.32. The summed E-state index contributed by atoms with van der Waals surface area (Å²) in [6.07, 6.45) is 10.5. The second kappa shape index (κ2) is 12.7. The Labute approximate surface area is 209 Å². The summed E-state index contributed by atoms with van der Waals surface area (Å²) in [5.41, 5.74) is 1.25. The Balaban J connectivity index is 0.00000272. The second-order valence-electron chi connectivity index (χ2n) is 9.32. The number of piperidine rings is 1. The van der Waals surface area contributed by atoms with E-state index in [1.165, 1.54) is 81.8 Å². The average molecular weight is 561 g/mol. The molecule has 2 N–H and O–H groups in total. The number of nitrogens with one attached hydrogen (secondary N) is 2. The average Bonchev–Trinajstić information content (AvgIpc) is 3.53. The lowest BCUT2D eigenvalue weighted by atomic mass is 9.97. The maximum Gasteiger partial charge on any atom is 0.191 e. The van der Waals surface area contributed by atoms with Crippen LogP contribution in [0.25, 0.3) is 0 Å². The van der Waals surface area contributed by atoms with Crippen molar-refractivity contribution < 1.29 is 0 Å². The highest BCUT2D eigenvalue weighted by Crippen LogP contribution is 2.26. The molecule has 1 aromatic rings. The lowest BCUT2D eigenvalue weighted by molar-refractivity contribution is 0.176. The number of rotatable bonds is 7. The van der Waals surface area contributed by atoms with Crippen LogP contribution in [0.2, 0.25) is 0 Å². The molecule has 0 bridgehead atoms.